The number of esters is 1. The van der Waals surface area contributed by atoms with Crippen molar-refractivity contribution in [1.29, 1.82) is 0 Å². The van der Waals surface area contributed by atoms with Gasteiger partial charge in [-0.15, -0.1) is 0 Å². The number of fused-ring (bicyclic) bond motifs is 14. The maximum absolute atomic E-state index is 14.7. The van der Waals surface area contributed by atoms with Crippen molar-refractivity contribution in [2.75, 3.05) is 32.6 Å². The average molecular weight is 957 g/mol. The second kappa shape index (κ2) is 21.2. The molecule has 4 aliphatic rings. The van der Waals surface area contributed by atoms with Gasteiger partial charge >= 0.3 is 11.8 Å². The lowest BCUT2D eigenvalue weighted by Gasteiger charge is -2.43. The van der Waals surface area contributed by atoms with Crippen LogP contribution in [0.15, 0.2) is 65.5 Å². The lowest BCUT2D eigenvalue weighted by molar-refractivity contribution is -0.160. The first kappa shape index (κ1) is 52.2. The van der Waals surface area contributed by atoms with E-state index in [4.69, 9.17) is 28.8 Å². The number of phenolic OH excluding ortho intramolecular Hbond substituents is 3. The molecular weight excluding hydrogens is 889 g/mol. The van der Waals surface area contributed by atoms with Gasteiger partial charge in [0.25, 0.3) is 11.7 Å². The summed E-state index contributed by atoms with van der Waals surface area (Å²) in [4.78, 5) is 43.4. The lowest BCUT2D eigenvalue weighted by atomic mass is 9.78. The fraction of sp³-hybridized carbons (Fsp3) is 0.500. The number of amides is 1. The van der Waals surface area contributed by atoms with Crippen molar-refractivity contribution in [3.05, 3.63) is 82.7 Å². The Balaban J connectivity index is 1.48. The average Bonchev–Trinajstić information content (AvgIpc) is 3.57. The number of carbonyl (C=O) groups excluding carboxylic acids is 3. The van der Waals surface area contributed by atoms with Crippen LogP contribution in [0.5, 0.6) is 28.7 Å². The fourth-order valence-corrected chi connectivity index (χ4v) is 9.85. The molecule has 374 valence electrons. The highest BCUT2D eigenvalue weighted by atomic mass is 16.7. The number of ether oxygens (including phenoxy) is 5. The SMILES string of the molecule is COc1ccccc1CN1CC(C)N(/N=C/c2c3c(O)c4c(O)c(C)c5c(c4c2O)C(=O)C(C)(OC=CC(OC)C(C)C(OC(C)=O)C(C)C(O)C(C)C(O)C(C)C=CC=C(C)C(=O)N3)O5)C(C)C1. The van der Waals surface area contributed by atoms with Crippen LogP contribution in [0.4, 0.5) is 5.69 Å². The van der Waals surface area contributed by atoms with Crippen molar-refractivity contribution < 1.29 is 63.6 Å². The number of piperazine rings is 1. The second-order valence-electron chi connectivity index (χ2n) is 18.9. The number of methoxy groups -OCH3 is 2. The number of benzene rings is 3. The van der Waals surface area contributed by atoms with Gasteiger partial charge in [0.05, 0.1) is 72.2 Å². The normalized spacial score (nSPS) is 29.5. The highest BCUT2D eigenvalue weighted by Crippen LogP contribution is 2.55. The number of aromatic hydroxyl groups is 3. The standard InChI is InChI=1S/C52H68N4O13/c1-26-16-15-17-27(2)51(64)54-42-36(22-53-56-28(3)23-55(24-29(56)4)25-35-18-13-14-19-38(35)66-12)46(61)39-40(47(42)62)45(60)33(8)49-41(39)50(63)52(10,69-49)67-21-20-37(65-11)30(5)48(68-34(9)57)32(7)44(59)31(6)43(26)58/h13-22,26,28-32,37,43-44,48,58-62H,23-25H2,1-12H3,(H,54,64)/b16-15?,21-20?,27-17?,53-22+. The smallest absolute Gasteiger partial charge is 0.312 e. The van der Waals surface area contributed by atoms with Crippen LogP contribution in [0.2, 0.25) is 0 Å². The molecule has 0 saturated carbocycles. The molecule has 7 rings (SSSR count). The van der Waals surface area contributed by atoms with Gasteiger partial charge in [0.15, 0.2) is 5.75 Å². The molecule has 1 amide bonds. The minimum Gasteiger partial charge on any atom is -0.507 e. The van der Waals surface area contributed by atoms with E-state index >= 15 is 0 Å². The van der Waals surface area contributed by atoms with E-state index in [1.54, 1.807) is 47.0 Å². The van der Waals surface area contributed by atoms with Gasteiger partial charge < -0.3 is 54.5 Å². The molecule has 17 nitrogen and oxygen atoms in total. The minimum atomic E-state index is -2.08. The third kappa shape index (κ3) is 10.4. The van der Waals surface area contributed by atoms with E-state index in [0.29, 0.717) is 19.6 Å². The van der Waals surface area contributed by atoms with Gasteiger partial charge in [0.2, 0.25) is 0 Å². The lowest BCUT2D eigenvalue weighted by Crippen LogP contribution is -2.54. The molecular formula is C52H68N4O13. The molecule has 11 atom stereocenters. The minimum absolute atomic E-state index is 0.0432. The van der Waals surface area contributed by atoms with Crippen LogP contribution in [0, 0.1) is 30.6 Å². The first-order valence-corrected chi connectivity index (χ1v) is 23.3. The zero-order chi connectivity index (χ0) is 50.8. The Morgan fingerprint density at radius 2 is 1.58 bits per heavy atom. The number of nitrogens with one attached hydrogen (secondary N) is 1. The van der Waals surface area contributed by atoms with Crippen molar-refractivity contribution in [2.45, 2.75) is 118 Å². The number of aliphatic hydroxyl groups is 2. The van der Waals surface area contributed by atoms with Crippen molar-refractivity contribution >= 4 is 40.3 Å². The molecule has 0 aromatic heterocycles. The maximum Gasteiger partial charge on any atom is 0.312 e. The largest absolute Gasteiger partial charge is 0.507 e. The summed E-state index contributed by atoms with van der Waals surface area (Å²) in [5.74, 6) is -7.76. The highest BCUT2D eigenvalue weighted by molar-refractivity contribution is 6.23. The van der Waals surface area contributed by atoms with E-state index in [2.05, 4.69) is 10.2 Å². The maximum atomic E-state index is 14.7. The summed E-state index contributed by atoms with van der Waals surface area (Å²) in [6.45, 7) is 18.4. The Labute approximate surface area is 403 Å². The van der Waals surface area contributed by atoms with Crippen LogP contribution in [0.3, 0.4) is 0 Å². The molecule has 3 aromatic rings. The highest BCUT2D eigenvalue weighted by Gasteiger charge is 2.50. The zero-order valence-corrected chi connectivity index (χ0v) is 41.5. The Hall–Kier alpha value is -6.14. The molecule has 69 heavy (non-hydrogen) atoms. The number of Topliss-reactive ketones (excluding diaryl/α,β-unsaturated/α-hetero) is 1. The van der Waals surface area contributed by atoms with E-state index < -0.39 is 88.8 Å². The van der Waals surface area contributed by atoms with E-state index in [1.165, 1.54) is 59.4 Å². The molecule has 1 saturated heterocycles. The van der Waals surface area contributed by atoms with Crippen molar-refractivity contribution in [1.82, 2.24) is 9.91 Å². The van der Waals surface area contributed by atoms with Gasteiger partial charge in [-0.2, -0.15) is 5.10 Å². The second-order valence-corrected chi connectivity index (χ2v) is 18.9. The predicted octanol–water partition coefficient (Wildman–Crippen LogP) is 6.69. The van der Waals surface area contributed by atoms with Crippen molar-refractivity contribution in [3.63, 3.8) is 0 Å². The van der Waals surface area contributed by atoms with Crippen LogP contribution in [0.25, 0.3) is 10.8 Å². The molecule has 0 aliphatic carbocycles. The number of ketones is 1. The van der Waals surface area contributed by atoms with Crippen LogP contribution in [-0.2, 0) is 30.3 Å². The number of hydrazone groups is 1. The third-order valence-corrected chi connectivity index (χ3v) is 13.9. The summed E-state index contributed by atoms with van der Waals surface area (Å²) in [6.07, 6.45) is 4.83. The Morgan fingerprint density at radius 3 is 2.22 bits per heavy atom. The zero-order valence-electron chi connectivity index (χ0n) is 41.5. The summed E-state index contributed by atoms with van der Waals surface area (Å²) >= 11 is 0. The number of allylic oxidation sites excluding steroid dienone is 2. The number of carbonyl (C=O) groups is 3. The summed E-state index contributed by atoms with van der Waals surface area (Å²) < 4.78 is 29.4. The van der Waals surface area contributed by atoms with Crippen molar-refractivity contribution in [3.8, 4) is 28.7 Å². The fourth-order valence-electron chi connectivity index (χ4n) is 9.85. The first-order valence-electron chi connectivity index (χ1n) is 23.3. The van der Waals surface area contributed by atoms with E-state index in [1.807, 2.05) is 43.1 Å². The Bertz CT molecular complexity index is 2540. The number of nitrogens with zero attached hydrogens (tertiary/aromatic N) is 3. The topological polar surface area (TPSA) is 229 Å². The number of anilines is 1. The monoisotopic (exact) mass is 956 g/mol. The van der Waals surface area contributed by atoms with Crippen LogP contribution >= 0.6 is 0 Å². The molecule has 4 heterocycles. The molecule has 6 N–H and O–H groups in total. The predicted molar refractivity (Wildman–Crippen MR) is 260 cm³/mol. The summed E-state index contributed by atoms with van der Waals surface area (Å²) in [5.41, 5.74) is 0.595. The van der Waals surface area contributed by atoms with Gasteiger partial charge in [0.1, 0.15) is 29.1 Å². The third-order valence-electron chi connectivity index (χ3n) is 13.9. The van der Waals surface area contributed by atoms with Crippen LogP contribution < -0.4 is 14.8 Å². The number of phenols is 3. The molecule has 3 aromatic carbocycles. The quantitative estimate of drug-likeness (QED) is 0.0627. The molecule has 4 aliphatic heterocycles. The van der Waals surface area contributed by atoms with Crippen molar-refractivity contribution in [2.24, 2.45) is 28.8 Å². The Kier molecular flexibility index (Phi) is 16.1. The summed E-state index contributed by atoms with van der Waals surface area (Å²) in [5, 5.41) is 68.2. The van der Waals surface area contributed by atoms with Gasteiger partial charge in [-0.05, 0) is 39.8 Å². The van der Waals surface area contributed by atoms with Gasteiger partial charge in [-0.25, -0.2) is 0 Å². The van der Waals surface area contributed by atoms with Gasteiger partial charge in [-0.3, -0.25) is 24.3 Å². The number of aliphatic hydroxyl groups excluding tert-OH is 2. The van der Waals surface area contributed by atoms with E-state index in [0.717, 1.165) is 11.3 Å². The van der Waals surface area contributed by atoms with E-state index in [-0.39, 0.29) is 56.6 Å². The van der Waals surface area contributed by atoms with Gasteiger partial charge in [0, 0.05) is 86.3 Å². The Morgan fingerprint density at radius 1 is 0.913 bits per heavy atom. The molecule has 5 bridgehead atoms. The molecule has 1 fully saturated rings. The summed E-state index contributed by atoms with van der Waals surface area (Å²) in [7, 11) is 3.08. The first-order chi connectivity index (χ1) is 32.6. The number of para-hydroxylation sites is 1. The van der Waals surface area contributed by atoms with E-state index in [9.17, 15) is 39.9 Å². The van der Waals surface area contributed by atoms with Crippen LogP contribution in [0.1, 0.15) is 89.4 Å². The number of hydrogen-bond acceptors (Lipinski definition) is 16. The molecule has 0 radical (unpaired) electrons. The summed E-state index contributed by atoms with van der Waals surface area (Å²) in [6, 6.07) is 7.52. The van der Waals surface area contributed by atoms with Gasteiger partial charge in [-0.1, -0.05) is 64.1 Å². The number of rotatable bonds is 7. The number of hydrogen-bond donors (Lipinski definition) is 6. The molecule has 17 heteroatoms. The van der Waals surface area contributed by atoms with Crippen LogP contribution in [-0.4, -0.2) is 129 Å². The molecule has 0 spiro atoms. The molecule has 11 unspecified atom stereocenters.